The number of hydrogen-bond acceptors (Lipinski definition) is 6. The summed E-state index contributed by atoms with van der Waals surface area (Å²) in [6.45, 7) is 1.36. The maximum absolute atomic E-state index is 12.9. The van der Waals surface area contributed by atoms with Gasteiger partial charge in [0.2, 0.25) is 10.0 Å². The minimum atomic E-state index is -3.64. The third-order valence-electron chi connectivity index (χ3n) is 4.78. The van der Waals surface area contributed by atoms with Gasteiger partial charge >= 0.3 is 0 Å². The Labute approximate surface area is 184 Å². The largest absolute Gasteiger partial charge is 0.351 e. The average molecular weight is 463 g/mol. The number of aromatic nitrogens is 2. The number of hydrogen-bond donors (Lipinski definition) is 1. The van der Waals surface area contributed by atoms with Crippen LogP contribution in [-0.4, -0.2) is 59.6 Å². The Bertz CT molecular complexity index is 1100. The highest BCUT2D eigenvalue weighted by Gasteiger charge is 2.31. The van der Waals surface area contributed by atoms with Crippen LogP contribution < -0.4 is 5.32 Å². The molecule has 0 saturated carbocycles. The molecule has 30 heavy (non-hydrogen) atoms. The predicted molar refractivity (Wildman–Crippen MR) is 120 cm³/mol. The molecule has 7 nitrogen and oxygen atoms in total. The molecule has 0 aliphatic carbocycles. The van der Waals surface area contributed by atoms with Crippen LogP contribution in [0.3, 0.4) is 0 Å². The Morgan fingerprint density at radius 3 is 2.67 bits per heavy atom. The van der Waals surface area contributed by atoms with Crippen LogP contribution >= 0.6 is 23.1 Å². The summed E-state index contributed by atoms with van der Waals surface area (Å²) < 4.78 is 29.1. The molecule has 1 saturated heterocycles. The number of carbonyl (C=O) groups excluding carboxylic acids is 1. The van der Waals surface area contributed by atoms with Crippen molar-refractivity contribution in [3.63, 3.8) is 0 Å². The van der Waals surface area contributed by atoms with Gasteiger partial charge in [0.15, 0.2) is 0 Å². The van der Waals surface area contributed by atoms with Crippen molar-refractivity contribution in [2.45, 2.75) is 11.3 Å². The van der Waals surface area contributed by atoms with Crippen LogP contribution in [0.5, 0.6) is 0 Å². The summed E-state index contributed by atoms with van der Waals surface area (Å²) in [5.74, 6) is 1.20. The zero-order chi connectivity index (χ0) is 21.0. The summed E-state index contributed by atoms with van der Waals surface area (Å²) in [5, 5.41) is 8.85. The molecule has 1 fully saturated rings. The highest BCUT2D eigenvalue weighted by atomic mass is 32.2. The van der Waals surface area contributed by atoms with Crippen molar-refractivity contribution in [3.05, 3.63) is 64.6 Å². The fourth-order valence-corrected chi connectivity index (χ4v) is 7.10. The smallest absolute Gasteiger partial charge is 0.262 e. The van der Waals surface area contributed by atoms with Crippen LogP contribution in [-0.2, 0) is 16.4 Å². The Hall–Kier alpha value is -2.14. The molecular formula is C20H22N4O3S3. The van der Waals surface area contributed by atoms with E-state index in [-0.39, 0.29) is 15.7 Å². The van der Waals surface area contributed by atoms with Gasteiger partial charge in [0.05, 0.1) is 11.9 Å². The molecule has 158 valence electrons. The van der Waals surface area contributed by atoms with Crippen molar-refractivity contribution in [2.75, 3.05) is 31.1 Å². The molecule has 10 heteroatoms. The molecule has 3 heterocycles. The summed E-state index contributed by atoms with van der Waals surface area (Å²) in [5.41, 5.74) is 1.96. The van der Waals surface area contributed by atoms with Crippen molar-refractivity contribution in [1.82, 2.24) is 19.4 Å². The lowest BCUT2D eigenvalue weighted by atomic mass is 10.2. The minimum absolute atomic E-state index is 0.105. The van der Waals surface area contributed by atoms with Crippen molar-refractivity contribution in [3.8, 4) is 5.69 Å². The molecule has 1 aliphatic heterocycles. The number of rotatable bonds is 7. The van der Waals surface area contributed by atoms with Gasteiger partial charge in [-0.1, -0.05) is 18.2 Å². The average Bonchev–Trinajstić information content (AvgIpc) is 3.45. The second kappa shape index (κ2) is 9.34. The van der Waals surface area contributed by atoms with Gasteiger partial charge in [-0.15, -0.1) is 11.3 Å². The minimum Gasteiger partial charge on any atom is -0.351 e. The topological polar surface area (TPSA) is 84.3 Å². The van der Waals surface area contributed by atoms with E-state index in [4.69, 9.17) is 0 Å². The normalized spacial score (nSPS) is 15.2. The Morgan fingerprint density at radius 2 is 1.90 bits per heavy atom. The van der Waals surface area contributed by atoms with E-state index in [2.05, 4.69) is 10.4 Å². The fraction of sp³-hybridized carbons (Fsp3) is 0.300. The summed E-state index contributed by atoms with van der Waals surface area (Å²) >= 11 is 2.90. The monoisotopic (exact) mass is 462 g/mol. The molecule has 0 bridgehead atoms. The third-order valence-corrected chi connectivity index (χ3v) is 8.71. The number of carbonyl (C=O) groups is 1. The molecule has 0 unspecified atom stereocenters. The first-order valence-electron chi connectivity index (χ1n) is 9.58. The molecule has 1 aromatic carbocycles. The zero-order valence-corrected chi connectivity index (χ0v) is 18.7. The first-order valence-corrected chi connectivity index (χ1v) is 13.1. The van der Waals surface area contributed by atoms with E-state index in [1.807, 2.05) is 36.5 Å². The fourth-order valence-electron chi connectivity index (χ4n) is 3.20. The molecule has 2 aromatic heterocycles. The number of thioether (sulfide) groups is 1. The summed E-state index contributed by atoms with van der Waals surface area (Å²) in [6.07, 6.45) is 4.31. The molecular weight excluding hydrogens is 440 g/mol. The van der Waals surface area contributed by atoms with E-state index in [0.717, 1.165) is 34.1 Å². The standard InChI is InChI=1S/C20H22N4O3S3/c25-20(19-18(7-11-29-19)30(26,27)23-9-12-28-13-10-23)21-8-6-16-14-22-24(15-16)17-4-2-1-3-5-17/h1-5,7,11,14-15H,6,8-10,12-13H2,(H,21,25). The number of sulfonamides is 1. The number of thiophene rings is 1. The first-order chi connectivity index (χ1) is 14.6. The Balaban J connectivity index is 1.38. The molecule has 1 amide bonds. The van der Waals surface area contributed by atoms with Crippen molar-refractivity contribution < 1.29 is 13.2 Å². The molecule has 1 N–H and O–H groups in total. The van der Waals surface area contributed by atoms with Gasteiger partial charge in [0.25, 0.3) is 5.91 Å². The molecule has 3 aromatic rings. The maximum Gasteiger partial charge on any atom is 0.262 e. The van der Waals surface area contributed by atoms with Crippen LogP contribution in [0.4, 0.5) is 0 Å². The van der Waals surface area contributed by atoms with Gasteiger partial charge < -0.3 is 5.32 Å². The van der Waals surface area contributed by atoms with Crippen LogP contribution in [0, 0.1) is 0 Å². The van der Waals surface area contributed by atoms with E-state index in [1.54, 1.807) is 28.0 Å². The van der Waals surface area contributed by atoms with Crippen molar-refractivity contribution in [2.24, 2.45) is 0 Å². The second-order valence-electron chi connectivity index (χ2n) is 6.77. The maximum atomic E-state index is 12.9. The van der Waals surface area contributed by atoms with Gasteiger partial charge in [0, 0.05) is 37.3 Å². The van der Waals surface area contributed by atoms with Crippen molar-refractivity contribution >= 4 is 39.0 Å². The summed E-state index contributed by atoms with van der Waals surface area (Å²) in [6, 6.07) is 11.3. The van der Waals surface area contributed by atoms with E-state index in [1.165, 1.54) is 10.4 Å². The van der Waals surface area contributed by atoms with E-state index < -0.39 is 10.0 Å². The Kier molecular flexibility index (Phi) is 6.57. The van der Waals surface area contributed by atoms with E-state index >= 15 is 0 Å². The molecule has 4 rings (SSSR count). The number of para-hydroxylation sites is 1. The van der Waals surface area contributed by atoms with Crippen LogP contribution in [0.2, 0.25) is 0 Å². The van der Waals surface area contributed by atoms with Crippen molar-refractivity contribution in [1.29, 1.82) is 0 Å². The van der Waals surface area contributed by atoms with Crippen LogP contribution in [0.15, 0.2) is 59.1 Å². The van der Waals surface area contributed by atoms with Gasteiger partial charge in [0.1, 0.15) is 9.77 Å². The first kappa shape index (κ1) is 21.1. The zero-order valence-electron chi connectivity index (χ0n) is 16.2. The molecule has 0 atom stereocenters. The highest BCUT2D eigenvalue weighted by Crippen LogP contribution is 2.27. The van der Waals surface area contributed by atoms with Gasteiger partial charge in [-0.05, 0) is 35.6 Å². The lowest BCUT2D eigenvalue weighted by Gasteiger charge is -2.25. The predicted octanol–water partition coefficient (Wildman–Crippen LogP) is 2.64. The van der Waals surface area contributed by atoms with Crippen LogP contribution in [0.1, 0.15) is 15.2 Å². The summed E-state index contributed by atoms with van der Waals surface area (Å²) in [7, 11) is -3.64. The number of nitrogens with zero attached hydrogens (tertiary/aromatic N) is 3. The lowest BCUT2D eigenvalue weighted by Crippen LogP contribution is -2.38. The third kappa shape index (κ3) is 4.61. The van der Waals surface area contributed by atoms with E-state index in [0.29, 0.717) is 26.1 Å². The second-order valence-corrected chi connectivity index (χ2v) is 10.8. The van der Waals surface area contributed by atoms with Gasteiger partial charge in [-0.3, -0.25) is 4.79 Å². The number of amides is 1. The van der Waals surface area contributed by atoms with E-state index in [9.17, 15) is 13.2 Å². The Morgan fingerprint density at radius 1 is 1.13 bits per heavy atom. The lowest BCUT2D eigenvalue weighted by molar-refractivity contribution is 0.0955. The van der Waals surface area contributed by atoms with Gasteiger partial charge in [-0.2, -0.15) is 21.2 Å². The quantitative estimate of drug-likeness (QED) is 0.584. The highest BCUT2D eigenvalue weighted by molar-refractivity contribution is 7.99. The number of nitrogens with one attached hydrogen (secondary N) is 1. The molecule has 0 radical (unpaired) electrons. The molecule has 0 spiro atoms. The molecule has 1 aliphatic rings. The SMILES string of the molecule is O=C(NCCc1cnn(-c2ccccc2)c1)c1sccc1S(=O)(=O)N1CCSCC1. The summed E-state index contributed by atoms with van der Waals surface area (Å²) in [4.78, 5) is 13.0. The van der Waals surface area contributed by atoms with Gasteiger partial charge in [-0.25, -0.2) is 13.1 Å². The van der Waals surface area contributed by atoms with Crippen LogP contribution in [0.25, 0.3) is 5.69 Å². The number of benzene rings is 1.